The summed E-state index contributed by atoms with van der Waals surface area (Å²) in [5.74, 6) is -4.44. The van der Waals surface area contributed by atoms with E-state index in [1.54, 1.807) is 19.1 Å². The fourth-order valence-electron chi connectivity index (χ4n) is 6.97. The van der Waals surface area contributed by atoms with Gasteiger partial charge in [-0.2, -0.15) is 0 Å². The van der Waals surface area contributed by atoms with Gasteiger partial charge in [0.2, 0.25) is 11.8 Å². The third-order valence-corrected chi connectivity index (χ3v) is 10.8. The Morgan fingerprint density at radius 3 is 2.36 bits per heavy atom. The first-order valence-electron chi connectivity index (χ1n) is 12.7. The molecule has 2 aliphatic carbocycles. The van der Waals surface area contributed by atoms with Gasteiger partial charge in [-0.05, 0) is 48.4 Å². The topological polar surface area (TPSA) is 95.0 Å². The molecule has 0 radical (unpaired) electrons. The first-order valence-corrected chi connectivity index (χ1v) is 14.6. The number of carbonyl (C=O) groups excluding carboxylic acids is 4. The van der Waals surface area contributed by atoms with Crippen LogP contribution in [0.1, 0.15) is 35.4 Å². The molecule has 6 unspecified atom stereocenters. The van der Waals surface area contributed by atoms with Crippen molar-refractivity contribution in [3.05, 3.63) is 76.9 Å². The summed E-state index contributed by atoms with van der Waals surface area (Å²) in [7, 11) is 0. The second-order valence-corrected chi connectivity index (χ2v) is 12.5. The molecule has 0 spiro atoms. The van der Waals surface area contributed by atoms with Gasteiger partial charge in [0.05, 0.1) is 23.8 Å². The number of nitrogens with zero attached hydrogens (tertiary/aromatic N) is 2. The van der Waals surface area contributed by atoms with Gasteiger partial charge in [0.1, 0.15) is 5.75 Å². The number of allylic oxidation sites excluding steroid dienone is 2. The SMILES string of the molecule is Cc1cc(C2C3=CCC4C(=O)N(Cc5ccccc5)C(=O)C4C3CC3(Cl)C(=O)N(CBr)C(=O)C23Cl)ccc1O. The van der Waals surface area contributed by atoms with E-state index in [0.29, 0.717) is 17.5 Å². The van der Waals surface area contributed by atoms with Crippen LogP contribution in [0.2, 0.25) is 0 Å². The summed E-state index contributed by atoms with van der Waals surface area (Å²) < 4.78 is 0. The maximum Gasteiger partial charge on any atom is 0.254 e. The van der Waals surface area contributed by atoms with Crippen molar-refractivity contribution in [1.82, 2.24) is 9.80 Å². The van der Waals surface area contributed by atoms with Crippen molar-refractivity contribution in [1.29, 1.82) is 0 Å². The van der Waals surface area contributed by atoms with E-state index < -0.39 is 45.2 Å². The molecule has 4 aliphatic rings. The molecule has 0 aromatic heterocycles. The fourth-order valence-corrected chi connectivity index (χ4v) is 8.40. The van der Waals surface area contributed by atoms with Crippen molar-refractivity contribution in [2.75, 3.05) is 5.45 Å². The van der Waals surface area contributed by atoms with Gasteiger partial charge in [0.15, 0.2) is 9.75 Å². The zero-order valence-corrected chi connectivity index (χ0v) is 24.0. The Labute approximate surface area is 243 Å². The van der Waals surface area contributed by atoms with Crippen LogP contribution in [0.15, 0.2) is 60.2 Å². The second kappa shape index (κ2) is 9.18. The van der Waals surface area contributed by atoms with Crippen LogP contribution in [-0.4, -0.2) is 53.7 Å². The number of hydrogen-bond donors (Lipinski definition) is 1. The maximum atomic E-state index is 13.9. The van der Waals surface area contributed by atoms with Crippen LogP contribution in [0.3, 0.4) is 0 Å². The van der Waals surface area contributed by atoms with Crippen LogP contribution in [0.4, 0.5) is 0 Å². The van der Waals surface area contributed by atoms with Gasteiger partial charge in [-0.3, -0.25) is 29.0 Å². The van der Waals surface area contributed by atoms with Gasteiger partial charge in [-0.1, -0.05) is 70.0 Å². The predicted molar refractivity (Wildman–Crippen MR) is 148 cm³/mol. The van der Waals surface area contributed by atoms with Crippen LogP contribution >= 0.6 is 39.1 Å². The first kappa shape index (κ1) is 26.5. The molecule has 2 aromatic carbocycles. The van der Waals surface area contributed by atoms with Crippen molar-refractivity contribution in [2.45, 2.75) is 42.0 Å². The zero-order valence-electron chi connectivity index (χ0n) is 20.9. The predicted octanol–water partition coefficient (Wildman–Crippen LogP) is 4.61. The molecule has 4 amide bonds. The average molecular weight is 632 g/mol. The number of alkyl halides is 3. The molecule has 2 saturated heterocycles. The minimum atomic E-state index is -1.85. The highest BCUT2D eigenvalue weighted by molar-refractivity contribution is 9.09. The average Bonchev–Trinajstić information content (AvgIpc) is 3.24. The molecule has 6 atom stereocenters. The number of aryl methyl sites for hydroxylation is 1. The normalized spacial score (nSPS) is 33.7. The Hall–Kier alpha value is -2.68. The highest BCUT2D eigenvalue weighted by Crippen LogP contribution is 2.65. The van der Waals surface area contributed by atoms with Gasteiger partial charge >= 0.3 is 0 Å². The Kier molecular flexibility index (Phi) is 6.25. The Balaban J connectivity index is 1.48. The van der Waals surface area contributed by atoms with Gasteiger partial charge < -0.3 is 5.11 Å². The number of amides is 4. The smallest absolute Gasteiger partial charge is 0.254 e. The number of carbonyl (C=O) groups is 4. The summed E-state index contributed by atoms with van der Waals surface area (Å²) in [6.07, 6.45) is 2.17. The lowest BCUT2D eigenvalue weighted by molar-refractivity contribution is -0.141. The summed E-state index contributed by atoms with van der Waals surface area (Å²) in [5, 5.41) is 10.2. The van der Waals surface area contributed by atoms with Crippen LogP contribution in [0.25, 0.3) is 0 Å². The third-order valence-electron chi connectivity index (χ3n) is 8.84. The van der Waals surface area contributed by atoms with Gasteiger partial charge in [0, 0.05) is 5.92 Å². The van der Waals surface area contributed by atoms with Gasteiger partial charge in [-0.15, -0.1) is 23.2 Å². The molecule has 6 rings (SSSR count). The van der Waals surface area contributed by atoms with Crippen molar-refractivity contribution in [2.24, 2.45) is 17.8 Å². The minimum absolute atomic E-state index is 0.0507. The van der Waals surface area contributed by atoms with Crippen molar-refractivity contribution in [3.63, 3.8) is 0 Å². The summed E-state index contributed by atoms with van der Waals surface area (Å²) in [4.78, 5) is 53.5. The monoisotopic (exact) mass is 630 g/mol. The van der Waals surface area contributed by atoms with Crippen LogP contribution in [-0.2, 0) is 25.7 Å². The number of phenolic OH excluding ortho intramolecular Hbond substituents is 1. The molecule has 10 heteroatoms. The van der Waals surface area contributed by atoms with E-state index in [2.05, 4.69) is 15.9 Å². The number of aromatic hydroxyl groups is 1. The Bertz CT molecular complexity index is 1460. The molecule has 202 valence electrons. The van der Waals surface area contributed by atoms with Crippen LogP contribution in [0, 0.1) is 24.7 Å². The van der Waals surface area contributed by atoms with E-state index >= 15 is 0 Å². The van der Waals surface area contributed by atoms with Crippen LogP contribution in [0.5, 0.6) is 5.75 Å². The third kappa shape index (κ3) is 3.54. The van der Waals surface area contributed by atoms with Gasteiger partial charge in [0.25, 0.3) is 11.8 Å². The molecule has 39 heavy (non-hydrogen) atoms. The molecule has 2 aliphatic heterocycles. The second-order valence-electron chi connectivity index (χ2n) is 10.8. The quantitative estimate of drug-likeness (QED) is 0.230. The zero-order chi connectivity index (χ0) is 27.9. The molecule has 3 fully saturated rings. The molecule has 7 nitrogen and oxygen atoms in total. The van der Waals surface area contributed by atoms with E-state index in [9.17, 15) is 24.3 Å². The summed E-state index contributed by atoms with van der Waals surface area (Å²) >= 11 is 17.6. The maximum absolute atomic E-state index is 13.9. The molecular formula is C29H25BrCl2N2O5. The first-order chi connectivity index (χ1) is 18.5. The Morgan fingerprint density at radius 1 is 0.974 bits per heavy atom. The standard InChI is InChI=1S/C29H25BrCl2N2O5/c1-15-11-17(7-10-21(15)35)23-18-8-9-19-22(25(37)33(24(19)36)13-16-5-3-2-4-6-16)20(18)12-28(31)26(38)34(14-30)27(39)29(23,28)32/h2-8,10-11,19-20,22-23,35H,9,12-14H2,1H3. The highest BCUT2D eigenvalue weighted by atomic mass is 79.9. The number of halogens is 3. The molecule has 1 N–H and O–H groups in total. The van der Waals surface area contributed by atoms with E-state index in [0.717, 1.165) is 16.0 Å². The van der Waals surface area contributed by atoms with Crippen LogP contribution < -0.4 is 0 Å². The number of fused-ring (bicyclic) bond motifs is 4. The van der Waals surface area contributed by atoms with Crippen molar-refractivity contribution in [3.8, 4) is 5.75 Å². The number of phenols is 1. The number of likely N-dealkylation sites (tertiary alicyclic amines) is 2. The largest absolute Gasteiger partial charge is 0.508 e. The lowest BCUT2D eigenvalue weighted by atomic mass is 9.56. The summed E-state index contributed by atoms with van der Waals surface area (Å²) in [6, 6.07) is 14.2. The van der Waals surface area contributed by atoms with E-state index in [4.69, 9.17) is 23.2 Å². The fraction of sp³-hybridized carbons (Fsp3) is 0.379. The van der Waals surface area contributed by atoms with E-state index in [-0.39, 0.29) is 36.0 Å². The summed E-state index contributed by atoms with van der Waals surface area (Å²) in [5.41, 5.74) is 2.67. The van der Waals surface area contributed by atoms with Gasteiger partial charge in [-0.25, -0.2) is 0 Å². The van der Waals surface area contributed by atoms with E-state index in [1.165, 1.54) is 11.0 Å². The lowest BCUT2D eigenvalue weighted by Gasteiger charge is -2.50. The lowest BCUT2D eigenvalue weighted by Crippen LogP contribution is -2.60. The number of rotatable bonds is 4. The number of imide groups is 2. The molecule has 0 bridgehead atoms. The summed E-state index contributed by atoms with van der Waals surface area (Å²) in [6.45, 7) is 1.89. The Morgan fingerprint density at radius 2 is 1.69 bits per heavy atom. The molecule has 2 heterocycles. The molecule has 2 aromatic rings. The van der Waals surface area contributed by atoms with Crippen molar-refractivity contribution >= 4 is 62.8 Å². The molecule has 1 saturated carbocycles. The molecular weight excluding hydrogens is 607 g/mol. The van der Waals surface area contributed by atoms with E-state index in [1.807, 2.05) is 36.4 Å². The number of hydrogen-bond acceptors (Lipinski definition) is 5. The minimum Gasteiger partial charge on any atom is -0.508 e. The number of benzene rings is 2. The van der Waals surface area contributed by atoms with Crippen molar-refractivity contribution < 1.29 is 24.3 Å². The highest BCUT2D eigenvalue weighted by Gasteiger charge is 2.76.